The predicted molar refractivity (Wildman–Crippen MR) is 58.6 cm³/mol. The molecule has 1 aromatic rings. The molecular formula is C10H16Cl2Zr. The molecule has 0 aliphatic carbocycles. The summed E-state index contributed by atoms with van der Waals surface area (Å²) in [5.41, 5.74) is 0. The fourth-order valence-electron chi connectivity index (χ4n) is 0.321. The summed E-state index contributed by atoms with van der Waals surface area (Å²) in [4.78, 5) is 0. The summed E-state index contributed by atoms with van der Waals surface area (Å²) in [6.07, 6.45) is 1.06. The normalized spacial score (nSPS) is 7.54. The molecule has 0 saturated heterocycles. The molecule has 0 nitrogen and oxygen atoms in total. The van der Waals surface area contributed by atoms with Crippen LogP contribution in [0.25, 0.3) is 0 Å². The van der Waals surface area contributed by atoms with Crippen molar-refractivity contribution in [1.82, 2.24) is 0 Å². The summed E-state index contributed by atoms with van der Waals surface area (Å²) in [5, 5.41) is 0. The monoisotopic (exact) mass is 296 g/mol. The van der Waals surface area contributed by atoms with E-state index in [4.69, 9.17) is 17.0 Å². The molecule has 0 amide bonds. The van der Waals surface area contributed by atoms with Crippen LogP contribution in [-0.4, -0.2) is 0 Å². The second kappa shape index (κ2) is 15.3. The van der Waals surface area contributed by atoms with Gasteiger partial charge in [-0.1, -0.05) is 19.8 Å². The van der Waals surface area contributed by atoms with Crippen LogP contribution >= 0.6 is 17.0 Å². The molecule has 0 N–H and O–H groups in total. The van der Waals surface area contributed by atoms with Crippen LogP contribution in [0.5, 0.6) is 0 Å². The molecule has 3 heteroatoms. The average molecular weight is 298 g/mol. The summed E-state index contributed by atoms with van der Waals surface area (Å²) in [7, 11) is 9.87. The van der Waals surface area contributed by atoms with Gasteiger partial charge in [-0.25, -0.2) is 12.1 Å². The molecule has 0 fully saturated rings. The number of hydrogen-bond donors (Lipinski definition) is 0. The largest absolute Gasteiger partial charge is 0.214 e. The molecule has 1 aromatic carbocycles. The minimum Gasteiger partial charge on any atom is -0.214 e. The Hall–Kier alpha value is 0.813. The Balaban J connectivity index is 0. The molecule has 1 rings (SSSR count). The number of halogens is 2. The van der Waals surface area contributed by atoms with E-state index in [-0.39, 0.29) is 0 Å². The fraction of sp³-hybridized carbons (Fsp3) is 0.400. The molecule has 0 heterocycles. The maximum absolute atomic E-state index is 4.93. The zero-order valence-electron chi connectivity index (χ0n) is 8.13. The molecule has 0 bridgehead atoms. The third kappa shape index (κ3) is 24.5. The van der Waals surface area contributed by atoms with E-state index in [1.54, 1.807) is 0 Å². The van der Waals surface area contributed by atoms with Gasteiger partial charge in [-0.2, -0.15) is 24.6 Å². The van der Waals surface area contributed by atoms with Gasteiger partial charge in [-0.3, -0.25) is 0 Å². The van der Waals surface area contributed by atoms with Crippen LogP contribution < -0.4 is 0 Å². The van der Waals surface area contributed by atoms with E-state index in [9.17, 15) is 0 Å². The second-order valence-corrected chi connectivity index (χ2v) is 6.45. The molecule has 0 saturated carbocycles. The molecule has 0 radical (unpaired) electrons. The quantitative estimate of drug-likeness (QED) is 0.662. The first-order valence-electron chi connectivity index (χ1n) is 4.11. The first kappa shape index (κ1) is 16.3. The van der Waals surface area contributed by atoms with E-state index in [1.165, 1.54) is 0 Å². The predicted octanol–water partition coefficient (Wildman–Crippen LogP) is 4.65. The van der Waals surface area contributed by atoms with Crippen LogP contribution in [-0.2, 0) is 20.8 Å². The molecular weight excluding hydrogens is 282 g/mol. The molecule has 0 aromatic heterocycles. The SMILES string of the molecule is [CH2-]CC(C)C.[Cl][Zr+2][Cl].c1cc[cH-]c1. The number of rotatable bonds is 1. The Morgan fingerprint density at radius 3 is 1.69 bits per heavy atom. The van der Waals surface area contributed by atoms with Gasteiger partial charge in [0.05, 0.1) is 0 Å². The molecule has 0 unspecified atom stereocenters. The topological polar surface area (TPSA) is 0 Å². The van der Waals surface area contributed by atoms with Crippen molar-refractivity contribution in [2.75, 3.05) is 0 Å². The van der Waals surface area contributed by atoms with Gasteiger partial charge in [-0.05, 0) is 0 Å². The molecule has 0 atom stereocenters. The van der Waals surface area contributed by atoms with Gasteiger partial charge >= 0.3 is 37.9 Å². The summed E-state index contributed by atoms with van der Waals surface area (Å²) >= 11 is -0.826. The molecule has 0 spiro atoms. The van der Waals surface area contributed by atoms with E-state index in [0.717, 1.165) is 12.3 Å². The Labute approximate surface area is 101 Å². The smallest absolute Gasteiger partial charge is 0.172 e. The first-order chi connectivity index (χ1) is 6.18. The van der Waals surface area contributed by atoms with Gasteiger partial charge in [0.25, 0.3) is 0 Å². The Bertz CT molecular complexity index is 121. The zero-order valence-corrected chi connectivity index (χ0v) is 12.1. The number of hydrogen-bond acceptors (Lipinski definition) is 0. The van der Waals surface area contributed by atoms with Gasteiger partial charge in [0.15, 0.2) is 0 Å². The van der Waals surface area contributed by atoms with E-state index in [1.807, 2.05) is 30.3 Å². The zero-order chi connectivity index (χ0) is 10.5. The fourth-order valence-corrected chi connectivity index (χ4v) is 0.321. The van der Waals surface area contributed by atoms with Gasteiger partial charge in [0.2, 0.25) is 0 Å². The molecule has 13 heavy (non-hydrogen) atoms. The van der Waals surface area contributed by atoms with Crippen molar-refractivity contribution in [2.45, 2.75) is 20.3 Å². The minimum atomic E-state index is -0.826. The van der Waals surface area contributed by atoms with Crippen molar-refractivity contribution in [1.29, 1.82) is 0 Å². The summed E-state index contributed by atoms with van der Waals surface area (Å²) in [5.74, 6) is 0.773. The van der Waals surface area contributed by atoms with E-state index in [2.05, 4.69) is 20.8 Å². The van der Waals surface area contributed by atoms with Crippen LogP contribution in [0, 0.1) is 12.8 Å². The third-order valence-electron chi connectivity index (χ3n) is 1.13. The van der Waals surface area contributed by atoms with Crippen molar-refractivity contribution in [3.63, 3.8) is 0 Å². The summed E-state index contributed by atoms with van der Waals surface area (Å²) in [6.45, 7) is 8.00. The van der Waals surface area contributed by atoms with Gasteiger partial charge in [0.1, 0.15) is 0 Å². The minimum absolute atomic E-state index is 0.773. The molecule has 74 valence electrons. The third-order valence-corrected chi connectivity index (χ3v) is 1.13. The van der Waals surface area contributed by atoms with E-state index >= 15 is 0 Å². The Kier molecular flexibility index (Phi) is 19.1. The van der Waals surface area contributed by atoms with Gasteiger partial charge < -0.3 is 6.92 Å². The van der Waals surface area contributed by atoms with Crippen LogP contribution in [0.1, 0.15) is 20.3 Å². The van der Waals surface area contributed by atoms with Gasteiger partial charge in [-0.15, -0.1) is 0 Å². The first-order valence-corrected chi connectivity index (χ1v) is 10.4. The summed E-state index contributed by atoms with van der Waals surface area (Å²) < 4.78 is 0. The van der Waals surface area contributed by atoms with Crippen LogP contribution in [0.15, 0.2) is 30.3 Å². The molecule has 0 aliphatic heterocycles. The average Bonchev–Trinajstić information content (AvgIpc) is 2.62. The maximum atomic E-state index is 4.93. The van der Waals surface area contributed by atoms with Crippen molar-refractivity contribution in [2.24, 2.45) is 5.92 Å². The summed E-state index contributed by atoms with van der Waals surface area (Å²) in [6, 6.07) is 10.0. The van der Waals surface area contributed by atoms with E-state index in [0.29, 0.717) is 0 Å². The van der Waals surface area contributed by atoms with Crippen LogP contribution in [0.2, 0.25) is 0 Å². The van der Waals surface area contributed by atoms with Crippen molar-refractivity contribution < 1.29 is 20.8 Å². The molecule has 0 aliphatic rings. The van der Waals surface area contributed by atoms with Crippen molar-refractivity contribution >= 4 is 17.0 Å². The maximum Gasteiger partial charge on any atom is -0.172 e. The van der Waals surface area contributed by atoms with Gasteiger partial charge in [0, 0.05) is 0 Å². The van der Waals surface area contributed by atoms with Crippen LogP contribution in [0.4, 0.5) is 0 Å². The van der Waals surface area contributed by atoms with Crippen molar-refractivity contribution in [3.05, 3.63) is 37.3 Å². The standard InChI is InChI=1S/C5H5.C5H11.2ClH.Zr/c1-2-4-5-3-1;1-4-5(2)3;;;/h1-5H;5H,1,4H2,2-3H3;2*1H;/q2*-1;;;+4/p-2. The second-order valence-electron chi connectivity index (χ2n) is 2.72. The van der Waals surface area contributed by atoms with E-state index < -0.39 is 20.8 Å². The van der Waals surface area contributed by atoms with Crippen LogP contribution in [0.3, 0.4) is 0 Å². The van der Waals surface area contributed by atoms with Crippen molar-refractivity contribution in [3.8, 4) is 0 Å². The Morgan fingerprint density at radius 2 is 1.62 bits per heavy atom. The Morgan fingerprint density at radius 1 is 1.31 bits per heavy atom.